The van der Waals surface area contributed by atoms with Crippen LogP contribution < -0.4 is 4.72 Å². The normalized spacial score (nSPS) is 12.4. The maximum Gasteiger partial charge on any atom is 0.306 e. The van der Waals surface area contributed by atoms with Gasteiger partial charge in [0.1, 0.15) is 6.61 Å². The third-order valence-corrected chi connectivity index (χ3v) is 3.85. The van der Waals surface area contributed by atoms with E-state index in [0.29, 0.717) is 6.07 Å². The van der Waals surface area contributed by atoms with E-state index in [1.165, 1.54) is 4.72 Å². The van der Waals surface area contributed by atoms with E-state index in [-0.39, 0.29) is 5.56 Å². The minimum atomic E-state index is -4.51. The summed E-state index contributed by atoms with van der Waals surface area (Å²) in [7, 11) is -4.51. The molecule has 1 aromatic carbocycles. The van der Waals surface area contributed by atoms with Crippen LogP contribution in [0, 0.1) is 22.9 Å². The molecule has 0 saturated carbocycles. The van der Waals surface area contributed by atoms with Gasteiger partial charge in [0.25, 0.3) is 5.92 Å². The molecular weight excluding hydrogens is 317 g/mol. The smallest absolute Gasteiger partial charge is 0.306 e. The van der Waals surface area contributed by atoms with Gasteiger partial charge in [-0.15, -0.1) is 0 Å². The molecule has 0 saturated heterocycles. The topological polar surface area (TPSA) is 110 Å². The second-order valence-corrected chi connectivity index (χ2v) is 5.94. The minimum absolute atomic E-state index is 0.321. The van der Waals surface area contributed by atoms with E-state index in [0.717, 1.165) is 13.0 Å². The molecule has 118 valence electrons. The van der Waals surface area contributed by atoms with Crippen molar-refractivity contribution >= 4 is 15.7 Å². The molecule has 1 aromatic rings. The van der Waals surface area contributed by atoms with Gasteiger partial charge in [0.2, 0.25) is 15.8 Å². The van der Waals surface area contributed by atoms with Crippen LogP contribution in [0.15, 0.2) is 17.0 Å². The first-order valence-corrected chi connectivity index (χ1v) is 6.91. The fourth-order valence-electron chi connectivity index (χ4n) is 1.35. The van der Waals surface area contributed by atoms with Crippen LogP contribution in [0.2, 0.25) is 0 Å². The summed E-state index contributed by atoms with van der Waals surface area (Å²) in [5, 5.41) is 18.9. The summed E-state index contributed by atoms with van der Waals surface area (Å²) in [6.07, 6.45) is 0. The zero-order valence-corrected chi connectivity index (χ0v) is 11.5. The molecule has 0 atom stereocenters. The number of aliphatic hydroxyl groups excluding tert-OH is 1. The average Bonchev–Trinajstić information content (AvgIpc) is 2.39. The Hall–Kier alpha value is -1.72. The maximum absolute atomic E-state index is 13.4. The highest BCUT2D eigenvalue weighted by Gasteiger charge is 2.31. The number of aliphatic hydroxyl groups is 1. The van der Waals surface area contributed by atoms with Crippen molar-refractivity contribution in [3.8, 4) is 0 Å². The second-order valence-electron chi connectivity index (χ2n) is 4.17. The molecular formula is C10H11F3N2O5S. The molecule has 0 radical (unpaired) electrons. The van der Waals surface area contributed by atoms with E-state index in [4.69, 9.17) is 5.11 Å². The summed E-state index contributed by atoms with van der Waals surface area (Å²) in [5.74, 6) is -4.90. The number of rotatable bonds is 6. The van der Waals surface area contributed by atoms with Crippen molar-refractivity contribution in [3.63, 3.8) is 0 Å². The number of nitrogens with zero attached hydrogens (tertiary/aromatic N) is 1. The number of nitrogens with one attached hydrogen (secondary N) is 1. The van der Waals surface area contributed by atoms with Crippen molar-refractivity contribution in [2.24, 2.45) is 0 Å². The van der Waals surface area contributed by atoms with Crippen LogP contribution in [0.5, 0.6) is 0 Å². The minimum Gasteiger partial charge on any atom is -0.390 e. The van der Waals surface area contributed by atoms with E-state index in [1.807, 2.05) is 0 Å². The predicted molar refractivity (Wildman–Crippen MR) is 65.0 cm³/mol. The summed E-state index contributed by atoms with van der Waals surface area (Å²) in [5.41, 5.74) is -1.40. The van der Waals surface area contributed by atoms with Crippen LogP contribution >= 0.6 is 0 Å². The number of alkyl halides is 2. The van der Waals surface area contributed by atoms with Crippen LogP contribution in [-0.4, -0.2) is 37.5 Å². The van der Waals surface area contributed by atoms with Crippen LogP contribution in [0.25, 0.3) is 0 Å². The molecule has 21 heavy (non-hydrogen) atoms. The Kier molecular flexibility index (Phi) is 4.91. The van der Waals surface area contributed by atoms with Crippen LogP contribution in [-0.2, 0) is 10.0 Å². The third kappa shape index (κ3) is 4.12. The first-order valence-electron chi connectivity index (χ1n) is 5.43. The Bertz CT molecular complexity index is 663. The number of aryl methyl sites for hydroxylation is 1. The molecule has 0 spiro atoms. The van der Waals surface area contributed by atoms with Crippen molar-refractivity contribution in [3.05, 3.63) is 33.6 Å². The number of hydrogen-bond acceptors (Lipinski definition) is 5. The summed E-state index contributed by atoms with van der Waals surface area (Å²) >= 11 is 0. The Balaban J connectivity index is 3.18. The molecule has 0 aliphatic rings. The first kappa shape index (κ1) is 17.3. The Morgan fingerprint density at radius 2 is 2.00 bits per heavy atom. The van der Waals surface area contributed by atoms with E-state index >= 15 is 0 Å². The van der Waals surface area contributed by atoms with Crippen molar-refractivity contribution in [1.29, 1.82) is 0 Å². The van der Waals surface area contributed by atoms with Gasteiger partial charge in [0.15, 0.2) is 0 Å². The molecule has 0 fully saturated rings. The van der Waals surface area contributed by atoms with Crippen molar-refractivity contribution in [1.82, 2.24) is 4.72 Å². The maximum atomic E-state index is 13.4. The number of nitro benzene ring substituents is 1. The van der Waals surface area contributed by atoms with Gasteiger partial charge >= 0.3 is 5.69 Å². The summed E-state index contributed by atoms with van der Waals surface area (Å²) in [6.45, 7) is -1.86. The van der Waals surface area contributed by atoms with Gasteiger partial charge in [-0.2, -0.15) is 4.39 Å². The lowest BCUT2D eigenvalue weighted by atomic mass is 10.2. The second kappa shape index (κ2) is 5.95. The van der Waals surface area contributed by atoms with Gasteiger partial charge in [0.05, 0.1) is 16.4 Å². The lowest BCUT2D eigenvalue weighted by Crippen LogP contribution is -2.39. The van der Waals surface area contributed by atoms with Gasteiger partial charge in [-0.25, -0.2) is 21.9 Å². The van der Waals surface area contributed by atoms with E-state index in [9.17, 15) is 31.7 Å². The van der Waals surface area contributed by atoms with E-state index in [2.05, 4.69) is 0 Å². The fourth-order valence-corrected chi connectivity index (χ4v) is 2.51. The molecule has 0 aromatic heterocycles. The van der Waals surface area contributed by atoms with Crippen LogP contribution in [0.4, 0.5) is 18.9 Å². The fraction of sp³-hybridized carbons (Fsp3) is 0.400. The van der Waals surface area contributed by atoms with Crippen molar-refractivity contribution in [2.45, 2.75) is 17.7 Å². The van der Waals surface area contributed by atoms with Gasteiger partial charge in [0, 0.05) is 6.07 Å². The molecule has 0 aliphatic carbocycles. The lowest BCUT2D eigenvalue weighted by Gasteiger charge is -2.14. The van der Waals surface area contributed by atoms with E-state index < -0.39 is 50.4 Å². The number of nitro groups is 1. The molecule has 0 unspecified atom stereocenters. The zero-order chi connectivity index (χ0) is 16.4. The summed E-state index contributed by atoms with van der Waals surface area (Å²) in [6, 6.07) is 1.21. The Morgan fingerprint density at radius 1 is 1.43 bits per heavy atom. The number of halogens is 3. The first-order chi connectivity index (χ1) is 9.50. The van der Waals surface area contributed by atoms with Crippen LogP contribution in [0.3, 0.4) is 0 Å². The van der Waals surface area contributed by atoms with Crippen LogP contribution in [0.1, 0.15) is 5.56 Å². The quantitative estimate of drug-likeness (QED) is 0.597. The largest absolute Gasteiger partial charge is 0.390 e. The monoisotopic (exact) mass is 328 g/mol. The lowest BCUT2D eigenvalue weighted by molar-refractivity contribution is -0.387. The summed E-state index contributed by atoms with van der Waals surface area (Å²) in [4.78, 5) is 8.77. The highest BCUT2D eigenvalue weighted by molar-refractivity contribution is 7.89. The Morgan fingerprint density at radius 3 is 2.48 bits per heavy atom. The van der Waals surface area contributed by atoms with Crippen molar-refractivity contribution < 1.29 is 31.6 Å². The molecule has 0 heterocycles. The van der Waals surface area contributed by atoms with Gasteiger partial charge in [-0.3, -0.25) is 10.1 Å². The average molecular weight is 328 g/mol. The molecule has 0 aliphatic heterocycles. The standard InChI is InChI=1S/C10H11F3N2O5S/c1-6-2-7(3-8(9(6)11)15(17)18)21(19,20)14-4-10(12,13)5-16/h2-3,14,16H,4-5H2,1H3. The number of benzene rings is 1. The number of hydrogen-bond donors (Lipinski definition) is 2. The highest BCUT2D eigenvalue weighted by Crippen LogP contribution is 2.25. The SMILES string of the molecule is Cc1cc(S(=O)(=O)NCC(F)(F)CO)cc([N+](=O)[O-])c1F. The van der Waals surface area contributed by atoms with Gasteiger partial charge in [-0.1, -0.05) is 0 Å². The highest BCUT2D eigenvalue weighted by atomic mass is 32.2. The molecule has 0 amide bonds. The van der Waals surface area contributed by atoms with Crippen molar-refractivity contribution in [2.75, 3.05) is 13.2 Å². The van der Waals surface area contributed by atoms with Gasteiger partial charge in [-0.05, 0) is 18.6 Å². The third-order valence-electron chi connectivity index (χ3n) is 2.47. The van der Waals surface area contributed by atoms with Gasteiger partial charge < -0.3 is 5.11 Å². The molecule has 2 N–H and O–H groups in total. The van der Waals surface area contributed by atoms with E-state index in [1.54, 1.807) is 0 Å². The molecule has 7 nitrogen and oxygen atoms in total. The molecule has 0 bridgehead atoms. The molecule has 11 heteroatoms. The molecule has 1 rings (SSSR count). The predicted octanol–water partition coefficient (Wildman–Crippen LogP) is 0.948. The Labute approximate surface area is 117 Å². The zero-order valence-electron chi connectivity index (χ0n) is 10.6. The number of sulfonamides is 1. The summed E-state index contributed by atoms with van der Waals surface area (Å²) < 4.78 is 64.1.